The molecule has 2 aliphatic heterocycles. The Balaban J connectivity index is 0.000000212. The number of amides is 2. The van der Waals surface area contributed by atoms with Crippen LogP contribution in [0.4, 0.5) is 11.4 Å². The summed E-state index contributed by atoms with van der Waals surface area (Å²) in [6.45, 7) is 8.81. The Bertz CT molecular complexity index is 2150. The number of methoxy groups -OCH3 is 2. The van der Waals surface area contributed by atoms with Crippen LogP contribution in [0.25, 0.3) is 0 Å². The van der Waals surface area contributed by atoms with Crippen molar-refractivity contribution in [1.29, 1.82) is 0 Å². The highest BCUT2D eigenvalue weighted by Crippen LogP contribution is 2.32. The molecule has 2 saturated heterocycles. The zero-order chi connectivity index (χ0) is 40.2. The minimum atomic E-state index is -3.56. The molecule has 0 spiro atoms. The highest BCUT2D eigenvalue weighted by molar-refractivity contribution is 9.10. The van der Waals surface area contributed by atoms with Crippen LogP contribution in [0.3, 0.4) is 0 Å². The van der Waals surface area contributed by atoms with Gasteiger partial charge in [0, 0.05) is 82.1 Å². The molecule has 2 fully saturated rings. The number of carbonyl (C=O) groups excluding carboxylic acids is 2. The number of aromatic nitrogens is 4. The van der Waals surface area contributed by atoms with Gasteiger partial charge in [-0.2, -0.15) is 10.2 Å². The van der Waals surface area contributed by atoms with Gasteiger partial charge in [0.05, 0.1) is 40.7 Å². The smallest absolute Gasteiger partial charge is 0.244 e. The lowest BCUT2D eigenvalue weighted by atomic mass is 10.2. The Kier molecular flexibility index (Phi) is 14.2. The molecular formula is C35H41BrCl4N8O6S. The number of piperazine rings is 2. The van der Waals surface area contributed by atoms with Crippen molar-refractivity contribution in [2.75, 3.05) is 82.6 Å². The van der Waals surface area contributed by atoms with Crippen molar-refractivity contribution in [1.82, 2.24) is 29.4 Å². The van der Waals surface area contributed by atoms with E-state index in [4.69, 9.17) is 55.9 Å². The second kappa shape index (κ2) is 18.2. The fourth-order valence-electron chi connectivity index (χ4n) is 6.10. The summed E-state index contributed by atoms with van der Waals surface area (Å²) in [7, 11) is -0.387. The average Bonchev–Trinajstić information content (AvgIpc) is 3.59. The topological polar surface area (TPSA) is 135 Å². The Morgan fingerprint density at radius 3 is 1.44 bits per heavy atom. The minimum Gasteiger partial charge on any atom is -0.495 e. The fraction of sp³-hybridized carbons (Fsp3) is 0.429. The number of hydrogen-bond acceptors (Lipinski definition) is 10. The van der Waals surface area contributed by atoms with Crippen molar-refractivity contribution in [2.45, 2.75) is 32.0 Å². The van der Waals surface area contributed by atoms with E-state index in [1.165, 1.54) is 4.68 Å². The largest absolute Gasteiger partial charge is 0.495 e. The lowest BCUT2D eigenvalue weighted by molar-refractivity contribution is -0.133. The predicted octanol–water partition coefficient (Wildman–Crippen LogP) is 5.88. The number of anilines is 2. The number of nitrogens with zero attached hydrogens (tertiary/aromatic N) is 8. The molecule has 2 aromatic heterocycles. The van der Waals surface area contributed by atoms with Crippen LogP contribution in [-0.4, -0.2) is 122 Å². The first kappa shape index (κ1) is 42.7. The van der Waals surface area contributed by atoms with Crippen molar-refractivity contribution in [3.63, 3.8) is 0 Å². The van der Waals surface area contributed by atoms with Gasteiger partial charge in [0.1, 0.15) is 34.2 Å². The molecule has 4 heterocycles. The second-order valence-corrected chi connectivity index (χ2v) is 17.1. The quantitative estimate of drug-likeness (QED) is 0.201. The van der Waals surface area contributed by atoms with Gasteiger partial charge in [-0.1, -0.05) is 46.4 Å². The molecule has 0 saturated carbocycles. The van der Waals surface area contributed by atoms with Crippen molar-refractivity contribution < 1.29 is 27.5 Å². The van der Waals surface area contributed by atoms with E-state index in [2.05, 4.69) is 35.9 Å². The Morgan fingerprint density at radius 2 is 1.09 bits per heavy atom. The van der Waals surface area contributed by atoms with Gasteiger partial charge in [-0.05, 0) is 54.0 Å². The second-order valence-electron chi connectivity index (χ2n) is 12.9. The maximum atomic E-state index is 12.7. The van der Waals surface area contributed by atoms with Crippen LogP contribution in [0.5, 0.6) is 11.5 Å². The highest BCUT2D eigenvalue weighted by Gasteiger charge is 2.27. The summed E-state index contributed by atoms with van der Waals surface area (Å²) in [5, 5.41) is 9.80. The highest BCUT2D eigenvalue weighted by atomic mass is 79.9. The van der Waals surface area contributed by atoms with Crippen LogP contribution in [0.2, 0.25) is 20.1 Å². The molecule has 0 atom stereocenters. The summed E-state index contributed by atoms with van der Waals surface area (Å²) in [5.41, 5.74) is 3.24. The van der Waals surface area contributed by atoms with E-state index in [9.17, 15) is 18.0 Å². The molecule has 2 aliphatic rings. The normalized spacial score (nSPS) is 14.8. The zero-order valence-corrected chi connectivity index (χ0v) is 36.3. The molecule has 14 nitrogen and oxygen atoms in total. The number of sulfone groups is 1. The first-order chi connectivity index (χ1) is 26.0. The summed E-state index contributed by atoms with van der Waals surface area (Å²) in [4.78, 5) is 33.2. The number of rotatable bonds is 9. The summed E-state index contributed by atoms with van der Waals surface area (Å²) in [6.07, 6.45) is 1.04. The monoisotopic (exact) mass is 920 g/mol. The lowest BCUT2D eigenvalue weighted by Crippen LogP contribution is -2.49. The van der Waals surface area contributed by atoms with E-state index < -0.39 is 9.84 Å². The number of halogens is 5. The van der Waals surface area contributed by atoms with Gasteiger partial charge in [0.15, 0.2) is 14.9 Å². The molecule has 4 aromatic rings. The summed E-state index contributed by atoms with van der Waals surface area (Å²) in [5.74, 6) is 1.16. The third kappa shape index (κ3) is 10.1. The maximum Gasteiger partial charge on any atom is 0.244 e. The maximum absolute atomic E-state index is 12.7. The molecule has 0 bridgehead atoms. The van der Waals surface area contributed by atoms with Gasteiger partial charge < -0.3 is 29.1 Å². The Labute approximate surface area is 348 Å². The Hall–Kier alpha value is -3.41. The van der Waals surface area contributed by atoms with Crippen LogP contribution in [0.1, 0.15) is 11.4 Å². The number of benzene rings is 2. The molecule has 298 valence electrons. The molecule has 2 amide bonds. The van der Waals surface area contributed by atoms with Gasteiger partial charge in [0.2, 0.25) is 11.8 Å². The van der Waals surface area contributed by atoms with Crippen LogP contribution in [-0.2, 0) is 32.5 Å². The minimum absolute atomic E-state index is 0.0353. The standard InChI is InChI=1S/C18H22Cl2N4O4S.C17H19BrCl2N4O2/c1-12-17(20)18(29(3,26)27)21-24(12)11-16(25)23-8-6-22(7-9-23)13-4-5-14(19)15(10-13)28-2;1-11-16(20)17(18)21-24(11)10-15(25)23-7-5-22(6-8-23)12-3-4-13(19)14(9-12)26-2/h4-5,10H,6-9,11H2,1-3H3;3-4,9H,5-8,10H2,1-2H3. The van der Waals surface area contributed by atoms with Gasteiger partial charge in [-0.25, -0.2) is 8.42 Å². The van der Waals surface area contributed by atoms with Gasteiger partial charge in [0.25, 0.3) is 0 Å². The van der Waals surface area contributed by atoms with Crippen molar-refractivity contribution in [2.24, 2.45) is 0 Å². The van der Waals surface area contributed by atoms with Gasteiger partial charge in [-0.15, -0.1) is 0 Å². The van der Waals surface area contributed by atoms with E-state index in [0.29, 0.717) is 76.1 Å². The van der Waals surface area contributed by atoms with Crippen LogP contribution < -0.4 is 19.3 Å². The van der Waals surface area contributed by atoms with Crippen LogP contribution in [0, 0.1) is 13.8 Å². The van der Waals surface area contributed by atoms with Crippen LogP contribution in [0.15, 0.2) is 46.0 Å². The first-order valence-electron chi connectivity index (χ1n) is 17.1. The van der Waals surface area contributed by atoms with Crippen LogP contribution >= 0.6 is 62.3 Å². The number of carbonyl (C=O) groups is 2. The van der Waals surface area contributed by atoms with E-state index >= 15 is 0 Å². The third-order valence-corrected chi connectivity index (χ3v) is 12.8. The Morgan fingerprint density at radius 1 is 0.691 bits per heavy atom. The van der Waals surface area contributed by atoms with Gasteiger partial charge >= 0.3 is 0 Å². The SMILES string of the molecule is COc1cc(N2CCN(C(=O)Cn3nc(Br)c(Cl)c3C)CC2)ccc1Cl.COc1cc(N2CCN(C(=O)Cn3nc(S(C)(=O)=O)c(Cl)c3C)CC2)ccc1Cl. The molecule has 0 N–H and O–H groups in total. The van der Waals surface area contributed by atoms with Crippen molar-refractivity contribution in [3.05, 3.63) is 72.5 Å². The summed E-state index contributed by atoms with van der Waals surface area (Å²) < 4.78 is 37.6. The van der Waals surface area contributed by atoms with E-state index in [1.54, 1.807) is 36.8 Å². The molecule has 0 radical (unpaired) electrons. The molecule has 6 rings (SSSR count). The summed E-state index contributed by atoms with van der Waals surface area (Å²) in [6, 6.07) is 11.3. The molecular weight excluding hydrogens is 882 g/mol. The zero-order valence-electron chi connectivity index (χ0n) is 30.9. The lowest BCUT2D eigenvalue weighted by Gasteiger charge is -2.36. The predicted molar refractivity (Wildman–Crippen MR) is 218 cm³/mol. The molecule has 2 aromatic carbocycles. The van der Waals surface area contributed by atoms with E-state index in [0.717, 1.165) is 36.4 Å². The number of hydrogen-bond donors (Lipinski definition) is 0. The third-order valence-electron chi connectivity index (χ3n) is 9.38. The molecule has 0 aliphatic carbocycles. The number of ether oxygens (including phenoxy) is 2. The average molecular weight is 924 g/mol. The summed E-state index contributed by atoms with van der Waals surface area (Å²) >= 11 is 27.6. The fourth-order valence-corrected chi connectivity index (χ4v) is 8.38. The van der Waals surface area contributed by atoms with E-state index in [-0.39, 0.29) is 35.0 Å². The molecule has 0 unspecified atom stereocenters. The first-order valence-corrected chi connectivity index (χ1v) is 21.3. The van der Waals surface area contributed by atoms with Gasteiger partial charge in [-0.3, -0.25) is 19.0 Å². The molecule has 55 heavy (non-hydrogen) atoms. The van der Waals surface area contributed by atoms with Crippen molar-refractivity contribution >= 4 is 95.4 Å². The molecule has 20 heteroatoms. The van der Waals surface area contributed by atoms with E-state index in [1.807, 2.05) is 42.2 Å². The van der Waals surface area contributed by atoms with Crippen molar-refractivity contribution in [3.8, 4) is 11.5 Å².